The third-order valence-corrected chi connectivity index (χ3v) is 3.32. The maximum atomic E-state index is 11.5. The van der Waals surface area contributed by atoms with Crippen LogP contribution in [0.4, 0.5) is 0 Å². The molecule has 0 unspecified atom stereocenters. The van der Waals surface area contributed by atoms with E-state index in [1.165, 1.54) is 11.1 Å². The Morgan fingerprint density at radius 1 is 1.33 bits per heavy atom. The molecule has 1 aliphatic carbocycles. The van der Waals surface area contributed by atoms with E-state index in [4.69, 9.17) is 0 Å². The molecular formula is C15H22N2O. The van der Waals surface area contributed by atoms with Crippen LogP contribution in [0.1, 0.15) is 43.4 Å². The zero-order valence-corrected chi connectivity index (χ0v) is 11.2. The van der Waals surface area contributed by atoms with Gasteiger partial charge in [0.25, 0.3) is 0 Å². The van der Waals surface area contributed by atoms with E-state index >= 15 is 0 Å². The molecule has 3 heteroatoms. The summed E-state index contributed by atoms with van der Waals surface area (Å²) in [5, 5.41) is 6.38. The van der Waals surface area contributed by atoms with E-state index in [0.717, 1.165) is 19.4 Å². The number of aryl methyl sites for hydroxylation is 1. The van der Waals surface area contributed by atoms with Crippen LogP contribution in [0.2, 0.25) is 0 Å². The Morgan fingerprint density at radius 2 is 2.00 bits per heavy atom. The second-order valence-electron chi connectivity index (χ2n) is 5.18. The van der Waals surface area contributed by atoms with Crippen molar-refractivity contribution in [2.24, 2.45) is 0 Å². The number of nitrogens with one attached hydrogen (secondary N) is 2. The lowest BCUT2D eigenvalue weighted by Crippen LogP contribution is -2.30. The number of hydrogen-bond acceptors (Lipinski definition) is 2. The van der Waals surface area contributed by atoms with Gasteiger partial charge in [-0.15, -0.1) is 0 Å². The molecule has 0 spiro atoms. The topological polar surface area (TPSA) is 41.1 Å². The normalized spacial score (nSPS) is 16.3. The van der Waals surface area contributed by atoms with E-state index < -0.39 is 0 Å². The van der Waals surface area contributed by atoms with Gasteiger partial charge in [-0.3, -0.25) is 4.79 Å². The Morgan fingerprint density at radius 3 is 2.61 bits per heavy atom. The molecule has 2 rings (SSSR count). The van der Waals surface area contributed by atoms with Crippen LogP contribution in [-0.4, -0.2) is 18.5 Å². The quantitative estimate of drug-likeness (QED) is 0.808. The van der Waals surface area contributed by atoms with Crippen LogP contribution in [0, 0.1) is 6.92 Å². The molecule has 1 aromatic rings. The van der Waals surface area contributed by atoms with Crippen molar-refractivity contribution >= 4 is 5.91 Å². The van der Waals surface area contributed by atoms with Crippen molar-refractivity contribution in [3.8, 4) is 0 Å². The van der Waals surface area contributed by atoms with Gasteiger partial charge in [0.15, 0.2) is 0 Å². The molecule has 3 nitrogen and oxygen atoms in total. The summed E-state index contributed by atoms with van der Waals surface area (Å²) >= 11 is 0. The number of amides is 1. The van der Waals surface area contributed by atoms with Gasteiger partial charge in [0.2, 0.25) is 5.91 Å². The first-order chi connectivity index (χ1) is 8.65. The molecular weight excluding hydrogens is 224 g/mol. The van der Waals surface area contributed by atoms with Gasteiger partial charge >= 0.3 is 0 Å². The highest BCUT2D eigenvalue weighted by atomic mass is 16.1. The fourth-order valence-corrected chi connectivity index (χ4v) is 1.90. The molecule has 0 heterocycles. The number of carbonyl (C=O) groups is 1. The van der Waals surface area contributed by atoms with E-state index in [0.29, 0.717) is 18.5 Å². The van der Waals surface area contributed by atoms with Crippen molar-refractivity contribution in [1.82, 2.24) is 10.6 Å². The summed E-state index contributed by atoms with van der Waals surface area (Å²) in [7, 11) is 0. The summed E-state index contributed by atoms with van der Waals surface area (Å²) in [6.45, 7) is 4.95. The van der Waals surface area contributed by atoms with E-state index in [-0.39, 0.29) is 5.91 Å². The summed E-state index contributed by atoms with van der Waals surface area (Å²) in [6, 6.07) is 9.26. The fraction of sp³-hybridized carbons (Fsp3) is 0.533. The standard InChI is InChI=1S/C15H22N2O/c1-11-3-5-13(6-4-11)12(2)16-10-9-15(18)17-14-7-8-14/h3-6,12,14,16H,7-10H2,1-2H3,(H,17,18)/t12-/m1/s1. The number of carbonyl (C=O) groups excluding carboxylic acids is 1. The Bertz CT molecular complexity index is 395. The smallest absolute Gasteiger partial charge is 0.221 e. The van der Waals surface area contributed by atoms with Crippen LogP contribution in [0.25, 0.3) is 0 Å². The molecule has 0 bridgehead atoms. The molecule has 1 atom stereocenters. The van der Waals surface area contributed by atoms with Crippen molar-refractivity contribution in [3.05, 3.63) is 35.4 Å². The average Bonchev–Trinajstić information content (AvgIpc) is 3.13. The third-order valence-electron chi connectivity index (χ3n) is 3.32. The predicted molar refractivity (Wildman–Crippen MR) is 73.4 cm³/mol. The summed E-state index contributed by atoms with van der Waals surface area (Å²) in [5.41, 5.74) is 2.54. The van der Waals surface area contributed by atoms with E-state index in [2.05, 4.69) is 48.7 Å². The molecule has 1 aliphatic rings. The molecule has 1 aromatic carbocycles. The minimum atomic E-state index is 0.168. The Labute approximate surface area is 109 Å². The maximum absolute atomic E-state index is 11.5. The Balaban J connectivity index is 1.68. The number of benzene rings is 1. The first-order valence-electron chi connectivity index (χ1n) is 6.74. The maximum Gasteiger partial charge on any atom is 0.221 e. The molecule has 98 valence electrons. The molecule has 2 N–H and O–H groups in total. The second kappa shape index (κ2) is 6.01. The molecule has 1 fully saturated rings. The van der Waals surface area contributed by atoms with Crippen molar-refractivity contribution in [2.45, 2.75) is 45.2 Å². The van der Waals surface area contributed by atoms with Crippen LogP contribution >= 0.6 is 0 Å². The van der Waals surface area contributed by atoms with Crippen LogP contribution in [0.5, 0.6) is 0 Å². The fourth-order valence-electron chi connectivity index (χ4n) is 1.90. The molecule has 0 aromatic heterocycles. The Kier molecular flexibility index (Phi) is 4.37. The highest BCUT2D eigenvalue weighted by Gasteiger charge is 2.22. The minimum Gasteiger partial charge on any atom is -0.353 e. The molecule has 0 aliphatic heterocycles. The molecule has 0 radical (unpaired) electrons. The summed E-state index contributed by atoms with van der Waals surface area (Å²) in [5.74, 6) is 0.168. The highest BCUT2D eigenvalue weighted by molar-refractivity contribution is 5.76. The summed E-state index contributed by atoms with van der Waals surface area (Å²) in [6.07, 6.45) is 2.87. The van der Waals surface area contributed by atoms with Gasteiger partial charge in [-0.25, -0.2) is 0 Å². The van der Waals surface area contributed by atoms with Crippen LogP contribution in [-0.2, 0) is 4.79 Å². The predicted octanol–water partition coefficient (Wildman–Crippen LogP) is 2.31. The SMILES string of the molecule is Cc1ccc([C@@H](C)NCCC(=O)NC2CC2)cc1. The van der Waals surface area contributed by atoms with Crippen LogP contribution in [0.15, 0.2) is 24.3 Å². The molecule has 0 saturated heterocycles. The zero-order chi connectivity index (χ0) is 13.0. The second-order valence-corrected chi connectivity index (χ2v) is 5.18. The van der Waals surface area contributed by atoms with Crippen LogP contribution < -0.4 is 10.6 Å². The minimum absolute atomic E-state index is 0.168. The molecule has 1 amide bonds. The van der Waals surface area contributed by atoms with Gasteiger partial charge in [-0.2, -0.15) is 0 Å². The van der Waals surface area contributed by atoms with Gasteiger partial charge in [-0.05, 0) is 32.3 Å². The first kappa shape index (κ1) is 13.1. The average molecular weight is 246 g/mol. The molecule has 1 saturated carbocycles. The van der Waals surface area contributed by atoms with E-state index in [1.807, 2.05) is 0 Å². The summed E-state index contributed by atoms with van der Waals surface area (Å²) < 4.78 is 0. The van der Waals surface area contributed by atoms with Crippen molar-refractivity contribution < 1.29 is 4.79 Å². The Hall–Kier alpha value is -1.35. The van der Waals surface area contributed by atoms with Crippen molar-refractivity contribution in [1.29, 1.82) is 0 Å². The van der Waals surface area contributed by atoms with Gasteiger partial charge in [0.1, 0.15) is 0 Å². The molecule has 18 heavy (non-hydrogen) atoms. The number of rotatable bonds is 6. The van der Waals surface area contributed by atoms with Gasteiger partial charge in [-0.1, -0.05) is 29.8 Å². The largest absolute Gasteiger partial charge is 0.353 e. The zero-order valence-electron chi connectivity index (χ0n) is 11.2. The monoisotopic (exact) mass is 246 g/mol. The summed E-state index contributed by atoms with van der Waals surface area (Å²) in [4.78, 5) is 11.5. The van der Waals surface area contributed by atoms with Crippen molar-refractivity contribution in [3.63, 3.8) is 0 Å². The van der Waals surface area contributed by atoms with E-state index in [1.54, 1.807) is 0 Å². The number of hydrogen-bond donors (Lipinski definition) is 2. The van der Waals surface area contributed by atoms with Gasteiger partial charge in [0.05, 0.1) is 0 Å². The first-order valence-corrected chi connectivity index (χ1v) is 6.74. The van der Waals surface area contributed by atoms with Gasteiger partial charge in [0, 0.05) is 25.0 Å². The lowest BCUT2D eigenvalue weighted by atomic mass is 10.1. The van der Waals surface area contributed by atoms with Crippen molar-refractivity contribution in [2.75, 3.05) is 6.54 Å². The van der Waals surface area contributed by atoms with Crippen LogP contribution in [0.3, 0.4) is 0 Å². The lowest BCUT2D eigenvalue weighted by molar-refractivity contribution is -0.121. The van der Waals surface area contributed by atoms with Gasteiger partial charge < -0.3 is 10.6 Å². The van der Waals surface area contributed by atoms with E-state index in [9.17, 15) is 4.79 Å². The third kappa shape index (κ3) is 4.15. The lowest BCUT2D eigenvalue weighted by Gasteiger charge is -2.14. The highest BCUT2D eigenvalue weighted by Crippen LogP contribution is 2.18.